The Balaban J connectivity index is 2.84. The molecule has 0 aromatic carbocycles. The van der Waals surface area contributed by atoms with E-state index in [4.69, 9.17) is 9.47 Å². The summed E-state index contributed by atoms with van der Waals surface area (Å²) >= 11 is 0. The van der Waals surface area contributed by atoms with Crippen molar-refractivity contribution in [2.45, 2.75) is 45.1 Å². The van der Waals surface area contributed by atoms with Crippen molar-refractivity contribution in [2.24, 2.45) is 0 Å². The van der Waals surface area contributed by atoms with E-state index in [-0.39, 0.29) is 5.54 Å². The Morgan fingerprint density at radius 2 is 1.69 bits per heavy atom. The first-order valence-corrected chi connectivity index (χ1v) is 4.84. The first-order chi connectivity index (χ1) is 5.96. The zero-order valence-corrected chi connectivity index (χ0v) is 9.39. The van der Waals surface area contributed by atoms with Gasteiger partial charge in [0.2, 0.25) is 5.91 Å². The summed E-state index contributed by atoms with van der Waals surface area (Å²) in [5, 5.41) is 0. The van der Waals surface area contributed by atoms with Crippen LogP contribution >= 0.6 is 0 Å². The van der Waals surface area contributed by atoms with Crippen LogP contribution in [0.15, 0.2) is 0 Å². The SMILES string of the molecule is COC1(OC)CCCN1C(C)(C)C. The fourth-order valence-electron chi connectivity index (χ4n) is 2.12. The summed E-state index contributed by atoms with van der Waals surface area (Å²) in [5.41, 5.74) is 0.0997. The van der Waals surface area contributed by atoms with Gasteiger partial charge in [-0.3, -0.25) is 0 Å². The van der Waals surface area contributed by atoms with Crippen LogP contribution in [0.3, 0.4) is 0 Å². The molecule has 0 unspecified atom stereocenters. The summed E-state index contributed by atoms with van der Waals surface area (Å²) < 4.78 is 11.0. The van der Waals surface area contributed by atoms with Crippen molar-refractivity contribution < 1.29 is 9.47 Å². The standard InChI is InChI=1S/C10H21NO2/c1-9(2,3)11-8-6-7-10(11,12-4)13-5/h6-8H2,1-5H3. The molecule has 1 fully saturated rings. The topological polar surface area (TPSA) is 21.7 Å². The maximum absolute atomic E-state index is 5.49. The van der Waals surface area contributed by atoms with Crippen molar-refractivity contribution in [1.29, 1.82) is 0 Å². The summed E-state index contributed by atoms with van der Waals surface area (Å²) in [7, 11) is 3.43. The van der Waals surface area contributed by atoms with Gasteiger partial charge >= 0.3 is 0 Å². The van der Waals surface area contributed by atoms with Crippen LogP contribution in [0.5, 0.6) is 0 Å². The van der Waals surface area contributed by atoms with Crippen molar-refractivity contribution in [2.75, 3.05) is 20.8 Å². The van der Waals surface area contributed by atoms with Gasteiger partial charge in [-0.1, -0.05) is 0 Å². The van der Waals surface area contributed by atoms with Gasteiger partial charge in [0.1, 0.15) is 0 Å². The van der Waals surface area contributed by atoms with Crippen molar-refractivity contribution in [1.82, 2.24) is 4.90 Å². The van der Waals surface area contributed by atoms with Crippen LogP contribution < -0.4 is 0 Å². The minimum atomic E-state index is -0.488. The average molecular weight is 187 g/mol. The molecule has 0 aliphatic carbocycles. The van der Waals surface area contributed by atoms with Gasteiger partial charge in [-0.15, -0.1) is 0 Å². The Hall–Kier alpha value is -0.120. The van der Waals surface area contributed by atoms with Crippen molar-refractivity contribution in [3.8, 4) is 0 Å². The van der Waals surface area contributed by atoms with Gasteiger partial charge in [0.25, 0.3) is 0 Å². The quantitative estimate of drug-likeness (QED) is 0.616. The van der Waals surface area contributed by atoms with Crippen LogP contribution in [-0.2, 0) is 9.47 Å². The molecule has 0 bridgehead atoms. The van der Waals surface area contributed by atoms with E-state index in [0.717, 1.165) is 19.4 Å². The van der Waals surface area contributed by atoms with Crippen molar-refractivity contribution >= 4 is 0 Å². The number of hydrogen-bond acceptors (Lipinski definition) is 3. The fourth-order valence-corrected chi connectivity index (χ4v) is 2.12. The highest BCUT2D eigenvalue weighted by atomic mass is 16.7. The lowest BCUT2D eigenvalue weighted by atomic mass is 10.1. The molecule has 0 aromatic rings. The number of likely N-dealkylation sites (tertiary alicyclic amines) is 1. The second-order valence-corrected chi connectivity index (χ2v) is 4.55. The van der Waals surface area contributed by atoms with Crippen LogP contribution in [-0.4, -0.2) is 37.1 Å². The number of hydrogen-bond donors (Lipinski definition) is 0. The molecule has 0 saturated carbocycles. The zero-order valence-electron chi connectivity index (χ0n) is 9.39. The maximum atomic E-state index is 5.49. The van der Waals surface area contributed by atoms with Crippen LogP contribution in [0.25, 0.3) is 0 Å². The number of ether oxygens (including phenoxy) is 2. The predicted molar refractivity (Wildman–Crippen MR) is 52.4 cm³/mol. The van der Waals surface area contributed by atoms with E-state index >= 15 is 0 Å². The highest BCUT2D eigenvalue weighted by molar-refractivity contribution is 4.88. The van der Waals surface area contributed by atoms with E-state index < -0.39 is 5.91 Å². The molecule has 0 atom stereocenters. The summed E-state index contributed by atoms with van der Waals surface area (Å²) in [6.45, 7) is 7.60. The smallest absolute Gasteiger partial charge is 0.229 e. The van der Waals surface area contributed by atoms with Crippen LogP contribution in [0.2, 0.25) is 0 Å². The van der Waals surface area contributed by atoms with Gasteiger partial charge in [0.05, 0.1) is 0 Å². The lowest BCUT2D eigenvalue weighted by Gasteiger charge is -2.43. The molecule has 0 amide bonds. The minimum absolute atomic E-state index is 0.0997. The molecule has 1 aliphatic rings. The van der Waals surface area contributed by atoms with Gasteiger partial charge in [0.15, 0.2) is 0 Å². The lowest BCUT2D eigenvalue weighted by Crippen LogP contribution is -2.55. The molecular weight excluding hydrogens is 166 g/mol. The van der Waals surface area contributed by atoms with E-state index in [1.54, 1.807) is 14.2 Å². The Labute approximate surface area is 81.0 Å². The second kappa shape index (κ2) is 3.56. The highest BCUT2D eigenvalue weighted by Crippen LogP contribution is 2.36. The average Bonchev–Trinajstić information content (AvgIpc) is 2.47. The summed E-state index contributed by atoms with van der Waals surface area (Å²) in [6, 6.07) is 0. The Morgan fingerprint density at radius 3 is 2.00 bits per heavy atom. The molecule has 0 N–H and O–H groups in total. The molecule has 0 radical (unpaired) electrons. The van der Waals surface area contributed by atoms with E-state index in [2.05, 4.69) is 25.7 Å². The van der Waals surface area contributed by atoms with Gasteiger partial charge in [-0.25, -0.2) is 4.90 Å². The molecule has 13 heavy (non-hydrogen) atoms. The molecule has 78 valence electrons. The van der Waals surface area contributed by atoms with Gasteiger partial charge < -0.3 is 9.47 Å². The molecule has 3 heteroatoms. The Bertz CT molecular complexity index is 170. The van der Waals surface area contributed by atoms with E-state index in [1.165, 1.54) is 0 Å². The third-order valence-corrected chi connectivity index (χ3v) is 2.73. The minimum Gasteiger partial charge on any atom is -0.341 e. The molecule has 1 heterocycles. The highest BCUT2D eigenvalue weighted by Gasteiger charge is 2.46. The number of nitrogens with zero attached hydrogens (tertiary/aromatic N) is 1. The monoisotopic (exact) mass is 187 g/mol. The van der Waals surface area contributed by atoms with E-state index in [1.807, 2.05) is 0 Å². The van der Waals surface area contributed by atoms with Crippen molar-refractivity contribution in [3.63, 3.8) is 0 Å². The van der Waals surface area contributed by atoms with Gasteiger partial charge in [-0.05, 0) is 27.2 Å². The molecule has 0 spiro atoms. The molecule has 1 rings (SSSR count). The van der Waals surface area contributed by atoms with E-state index in [0.29, 0.717) is 0 Å². The Morgan fingerprint density at radius 1 is 1.15 bits per heavy atom. The summed E-state index contributed by atoms with van der Waals surface area (Å²) in [6.07, 6.45) is 2.09. The van der Waals surface area contributed by atoms with Gasteiger partial charge in [-0.2, -0.15) is 0 Å². The normalized spacial score (nSPS) is 23.8. The predicted octanol–water partition coefficient (Wildman–Crippen LogP) is 1.83. The fraction of sp³-hybridized carbons (Fsp3) is 1.00. The third-order valence-electron chi connectivity index (χ3n) is 2.73. The number of rotatable bonds is 2. The molecule has 1 saturated heterocycles. The largest absolute Gasteiger partial charge is 0.341 e. The Kier molecular flexibility index (Phi) is 3.00. The second-order valence-electron chi connectivity index (χ2n) is 4.55. The van der Waals surface area contributed by atoms with Crippen LogP contribution in [0, 0.1) is 0 Å². The van der Waals surface area contributed by atoms with Crippen LogP contribution in [0.4, 0.5) is 0 Å². The summed E-state index contributed by atoms with van der Waals surface area (Å²) in [4.78, 5) is 2.28. The molecule has 1 aliphatic heterocycles. The summed E-state index contributed by atoms with van der Waals surface area (Å²) in [5.74, 6) is -0.488. The van der Waals surface area contributed by atoms with E-state index in [9.17, 15) is 0 Å². The van der Waals surface area contributed by atoms with Crippen molar-refractivity contribution in [3.05, 3.63) is 0 Å². The zero-order chi connectivity index (χ0) is 10.1. The third kappa shape index (κ3) is 1.87. The maximum Gasteiger partial charge on any atom is 0.229 e. The van der Waals surface area contributed by atoms with Gasteiger partial charge in [0, 0.05) is 32.7 Å². The first-order valence-electron chi connectivity index (χ1n) is 4.84. The lowest BCUT2D eigenvalue weighted by molar-refractivity contribution is -0.296. The first kappa shape index (κ1) is 11.0. The van der Waals surface area contributed by atoms with Crippen LogP contribution in [0.1, 0.15) is 33.6 Å². The molecule has 3 nitrogen and oxygen atoms in total. The molecular formula is C10H21NO2. The molecule has 0 aromatic heterocycles. The number of methoxy groups -OCH3 is 2.